The topological polar surface area (TPSA) is 103 Å². The summed E-state index contributed by atoms with van der Waals surface area (Å²) in [6.07, 6.45) is -0.608. The van der Waals surface area contributed by atoms with Crippen LogP contribution in [-0.4, -0.2) is 70.1 Å². The molecule has 2 N–H and O–H groups in total. The molecule has 0 aromatic carbocycles. The molecule has 1 unspecified atom stereocenters. The number of carbonyl (C=O) groups excluding carboxylic acids is 1. The number of aliphatic hydroxyl groups excluding tert-OH is 2. The predicted molar refractivity (Wildman–Crippen MR) is 74.9 cm³/mol. The van der Waals surface area contributed by atoms with Crippen LogP contribution in [0, 0.1) is 0 Å². The molecule has 1 aromatic rings. The van der Waals surface area contributed by atoms with E-state index in [0.29, 0.717) is 31.5 Å². The first kappa shape index (κ1) is 15.7. The second-order valence-electron chi connectivity index (χ2n) is 5.50. The van der Waals surface area contributed by atoms with Gasteiger partial charge < -0.3 is 24.5 Å². The summed E-state index contributed by atoms with van der Waals surface area (Å²) in [7, 11) is 0. The summed E-state index contributed by atoms with van der Waals surface area (Å²) in [4.78, 5) is 19.5. The SMILES string of the molecule is CC(C)c1nc(N2CCN(C(=O)CCO)CC(O)C2)no1. The van der Waals surface area contributed by atoms with E-state index >= 15 is 0 Å². The molecule has 2 rings (SSSR count). The first-order valence-corrected chi connectivity index (χ1v) is 7.16. The van der Waals surface area contributed by atoms with E-state index in [9.17, 15) is 9.90 Å². The van der Waals surface area contributed by atoms with Gasteiger partial charge in [-0.3, -0.25) is 4.79 Å². The van der Waals surface area contributed by atoms with Gasteiger partial charge in [0.1, 0.15) is 0 Å². The molecule has 1 amide bonds. The Morgan fingerprint density at radius 1 is 1.43 bits per heavy atom. The van der Waals surface area contributed by atoms with Crippen LogP contribution in [0.1, 0.15) is 32.1 Å². The minimum absolute atomic E-state index is 0.0758. The molecule has 1 aliphatic heterocycles. The molecule has 0 bridgehead atoms. The van der Waals surface area contributed by atoms with Gasteiger partial charge in [0.15, 0.2) is 0 Å². The Labute approximate surface area is 123 Å². The number of hydrogen-bond donors (Lipinski definition) is 2. The smallest absolute Gasteiger partial charge is 0.266 e. The summed E-state index contributed by atoms with van der Waals surface area (Å²) < 4.78 is 5.17. The fourth-order valence-corrected chi connectivity index (χ4v) is 2.24. The normalized spacial score (nSPS) is 20.0. The van der Waals surface area contributed by atoms with Crippen LogP contribution in [-0.2, 0) is 4.79 Å². The molecule has 1 fully saturated rings. The Hall–Kier alpha value is -1.67. The van der Waals surface area contributed by atoms with Crippen LogP contribution in [0.2, 0.25) is 0 Å². The molecule has 2 heterocycles. The molecule has 21 heavy (non-hydrogen) atoms. The van der Waals surface area contributed by atoms with Gasteiger partial charge in [-0.25, -0.2) is 0 Å². The molecule has 8 nitrogen and oxygen atoms in total. The van der Waals surface area contributed by atoms with Crippen molar-refractivity contribution in [2.45, 2.75) is 32.3 Å². The van der Waals surface area contributed by atoms with Crippen molar-refractivity contribution < 1.29 is 19.5 Å². The van der Waals surface area contributed by atoms with Crippen molar-refractivity contribution in [1.82, 2.24) is 15.0 Å². The van der Waals surface area contributed by atoms with Crippen LogP contribution in [0.5, 0.6) is 0 Å². The number of amides is 1. The highest BCUT2D eigenvalue weighted by atomic mass is 16.5. The van der Waals surface area contributed by atoms with Crippen molar-refractivity contribution in [3.8, 4) is 0 Å². The van der Waals surface area contributed by atoms with E-state index in [2.05, 4.69) is 10.1 Å². The number of aromatic nitrogens is 2. The van der Waals surface area contributed by atoms with E-state index in [1.807, 2.05) is 18.7 Å². The molecule has 8 heteroatoms. The number of anilines is 1. The van der Waals surface area contributed by atoms with Crippen LogP contribution in [0.3, 0.4) is 0 Å². The maximum Gasteiger partial charge on any atom is 0.266 e. The Kier molecular flexibility index (Phi) is 5.13. The lowest BCUT2D eigenvalue weighted by Gasteiger charge is -2.21. The molecule has 1 saturated heterocycles. The average Bonchev–Trinajstić information content (AvgIpc) is 2.84. The summed E-state index contributed by atoms with van der Waals surface area (Å²) in [5, 5.41) is 22.8. The zero-order valence-electron chi connectivity index (χ0n) is 12.4. The van der Waals surface area contributed by atoms with Gasteiger partial charge in [-0.05, 0) is 5.16 Å². The monoisotopic (exact) mass is 298 g/mol. The number of aliphatic hydroxyl groups is 2. The average molecular weight is 298 g/mol. The Morgan fingerprint density at radius 2 is 2.19 bits per heavy atom. The molecule has 1 aliphatic rings. The quantitative estimate of drug-likeness (QED) is 0.778. The van der Waals surface area contributed by atoms with Crippen molar-refractivity contribution in [1.29, 1.82) is 0 Å². The summed E-state index contributed by atoms with van der Waals surface area (Å²) in [6, 6.07) is 0. The summed E-state index contributed by atoms with van der Waals surface area (Å²) >= 11 is 0. The summed E-state index contributed by atoms with van der Waals surface area (Å²) in [5.74, 6) is 0.978. The van der Waals surface area contributed by atoms with Crippen molar-refractivity contribution in [2.75, 3.05) is 37.7 Å². The lowest BCUT2D eigenvalue weighted by atomic mass is 10.2. The molecular weight excluding hydrogens is 276 g/mol. The van der Waals surface area contributed by atoms with Gasteiger partial charge in [-0.1, -0.05) is 13.8 Å². The van der Waals surface area contributed by atoms with Crippen LogP contribution in [0.4, 0.5) is 5.95 Å². The molecule has 1 aromatic heterocycles. The molecule has 0 aliphatic carbocycles. The third kappa shape index (κ3) is 3.92. The maximum absolute atomic E-state index is 11.8. The highest BCUT2D eigenvalue weighted by Crippen LogP contribution is 2.17. The largest absolute Gasteiger partial charge is 0.396 e. The highest BCUT2D eigenvalue weighted by Gasteiger charge is 2.26. The van der Waals surface area contributed by atoms with E-state index in [1.54, 1.807) is 4.90 Å². The predicted octanol–water partition coefficient (Wildman–Crippen LogP) is -0.415. The minimum atomic E-state index is -0.684. The Balaban J connectivity index is 2.04. The van der Waals surface area contributed by atoms with Gasteiger partial charge in [-0.2, -0.15) is 4.98 Å². The van der Waals surface area contributed by atoms with Gasteiger partial charge >= 0.3 is 0 Å². The lowest BCUT2D eigenvalue weighted by Crippen LogP contribution is -2.37. The van der Waals surface area contributed by atoms with Crippen molar-refractivity contribution in [2.24, 2.45) is 0 Å². The zero-order chi connectivity index (χ0) is 15.4. The van der Waals surface area contributed by atoms with E-state index in [-0.39, 0.29) is 31.4 Å². The van der Waals surface area contributed by atoms with E-state index in [0.717, 1.165) is 0 Å². The van der Waals surface area contributed by atoms with E-state index in [1.165, 1.54) is 0 Å². The molecule has 0 saturated carbocycles. The molecule has 1 atom stereocenters. The third-order valence-electron chi connectivity index (χ3n) is 3.39. The minimum Gasteiger partial charge on any atom is -0.396 e. The zero-order valence-corrected chi connectivity index (χ0v) is 12.4. The molecule has 118 valence electrons. The van der Waals surface area contributed by atoms with E-state index in [4.69, 9.17) is 9.63 Å². The lowest BCUT2D eigenvalue weighted by molar-refractivity contribution is -0.132. The number of hydrogen-bond acceptors (Lipinski definition) is 7. The van der Waals surface area contributed by atoms with Gasteiger partial charge in [-0.15, -0.1) is 0 Å². The standard InChI is InChI=1S/C13H22N4O4/c1-9(2)12-14-13(15-21-12)17-5-4-16(7-10(19)8-17)11(20)3-6-18/h9-10,18-19H,3-8H2,1-2H3. The summed E-state index contributed by atoms with van der Waals surface area (Å²) in [6.45, 7) is 5.32. The van der Waals surface area contributed by atoms with Gasteiger partial charge in [0.25, 0.3) is 5.95 Å². The van der Waals surface area contributed by atoms with Crippen molar-refractivity contribution >= 4 is 11.9 Å². The van der Waals surface area contributed by atoms with E-state index < -0.39 is 6.10 Å². The number of nitrogens with zero attached hydrogens (tertiary/aromatic N) is 4. The molecule has 0 spiro atoms. The van der Waals surface area contributed by atoms with Crippen LogP contribution in [0.15, 0.2) is 4.52 Å². The fourth-order valence-electron chi connectivity index (χ4n) is 2.24. The molecular formula is C13H22N4O4. The van der Waals surface area contributed by atoms with Crippen LogP contribution in [0.25, 0.3) is 0 Å². The summed E-state index contributed by atoms with van der Waals surface area (Å²) in [5.41, 5.74) is 0. The Bertz CT molecular complexity index is 476. The van der Waals surface area contributed by atoms with Gasteiger partial charge in [0, 0.05) is 38.5 Å². The maximum atomic E-state index is 11.8. The third-order valence-corrected chi connectivity index (χ3v) is 3.39. The second kappa shape index (κ2) is 6.86. The highest BCUT2D eigenvalue weighted by molar-refractivity contribution is 5.76. The Morgan fingerprint density at radius 3 is 2.81 bits per heavy atom. The van der Waals surface area contributed by atoms with Crippen molar-refractivity contribution in [3.05, 3.63) is 5.89 Å². The first-order chi connectivity index (χ1) is 10.0. The van der Waals surface area contributed by atoms with Crippen LogP contribution < -0.4 is 4.90 Å². The number of rotatable bonds is 4. The number of β-amino-alcohol motifs (C(OH)–C–C–N with tert-alkyl or cyclic N) is 1. The fraction of sp³-hybridized carbons (Fsp3) is 0.769. The number of carbonyl (C=O) groups is 1. The van der Waals surface area contributed by atoms with Gasteiger partial charge in [0.05, 0.1) is 12.7 Å². The van der Waals surface area contributed by atoms with Crippen LogP contribution >= 0.6 is 0 Å². The van der Waals surface area contributed by atoms with Crippen molar-refractivity contribution in [3.63, 3.8) is 0 Å². The molecule has 0 radical (unpaired) electrons. The van der Waals surface area contributed by atoms with Gasteiger partial charge in [0.2, 0.25) is 11.8 Å². The second-order valence-corrected chi connectivity index (χ2v) is 5.50. The first-order valence-electron chi connectivity index (χ1n) is 7.16.